The zero-order chi connectivity index (χ0) is 21.0. The smallest absolute Gasteiger partial charge is 0.101 e. The van der Waals surface area contributed by atoms with E-state index >= 15 is 0 Å². The van der Waals surface area contributed by atoms with E-state index in [-0.39, 0.29) is 0 Å². The molecule has 0 aromatic rings. The topological polar surface area (TPSA) is 6.48 Å². The first-order chi connectivity index (χ1) is 14.3. The molecule has 1 aliphatic heterocycles. The zero-order valence-electron chi connectivity index (χ0n) is 20.5. The Kier molecular flexibility index (Phi) is 17.6. The van der Waals surface area contributed by atoms with Crippen LogP contribution in [0.2, 0.25) is 0 Å². The van der Waals surface area contributed by atoms with Crippen LogP contribution in [0.15, 0.2) is 12.4 Å². The van der Waals surface area contributed by atoms with Crippen LogP contribution in [0.1, 0.15) is 143 Å². The molecule has 1 aliphatic rings. The summed E-state index contributed by atoms with van der Waals surface area (Å²) < 4.78 is 0. The summed E-state index contributed by atoms with van der Waals surface area (Å²) in [5, 5.41) is 0. The normalized spacial score (nSPS) is 16.3. The Labute approximate surface area is 184 Å². The van der Waals surface area contributed by atoms with Gasteiger partial charge in [-0.15, -0.1) is 0 Å². The Morgan fingerprint density at radius 1 is 0.483 bits per heavy atom. The molecule has 2 nitrogen and oxygen atoms in total. The van der Waals surface area contributed by atoms with Crippen molar-refractivity contribution in [1.29, 1.82) is 0 Å². The lowest BCUT2D eigenvalue weighted by Gasteiger charge is -2.32. The fraction of sp³-hybridized carbons (Fsp3) is 0.926. The van der Waals surface area contributed by atoms with E-state index in [1.807, 2.05) is 0 Å². The van der Waals surface area contributed by atoms with Gasteiger partial charge in [0.1, 0.15) is 6.17 Å². The van der Waals surface area contributed by atoms with Crippen LogP contribution in [0, 0.1) is 0 Å². The first-order valence-corrected chi connectivity index (χ1v) is 13.5. The minimum absolute atomic E-state index is 0.638. The Hall–Kier alpha value is -0.660. The van der Waals surface area contributed by atoms with Gasteiger partial charge in [-0.3, -0.25) is 0 Å². The van der Waals surface area contributed by atoms with E-state index in [1.54, 1.807) is 0 Å². The summed E-state index contributed by atoms with van der Waals surface area (Å²) in [6.45, 7) is 9.30. The molecule has 0 N–H and O–H groups in total. The van der Waals surface area contributed by atoms with Crippen molar-refractivity contribution in [3.63, 3.8) is 0 Å². The second kappa shape index (κ2) is 19.3. The highest BCUT2D eigenvalue weighted by Crippen LogP contribution is 2.22. The first kappa shape index (κ1) is 26.4. The summed E-state index contributed by atoms with van der Waals surface area (Å²) in [7, 11) is 0. The van der Waals surface area contributed by atoms with Gasteiger partial charge in [0.15, 0.2) is 0 Å². The van der Waals surface area contributed by atoms with E-state index in [1.165, 1.54) is 129 Å². The minimum Gasteiger partial charge on any atom is -0.356 e. The molecule has 1 rings (SSSR count). The quantitative estimate of drug-likeness (QED) is 0.176. The number of hydrogen-bond acceptors (Lipinski definition) is 2. The molecular weight excluding hydrogens is 352 g/mol. The molecule has 0 saturated heterocycles. The van der Waals surface area contributed by atoms with Gasteiger partial charge in [0.2, 0.25) is 0 Å². The highest BCUT2D eigenvalue weighted by Gasteiger charge is 2.23. The highest BCUT2D eigenvalue weighted by atomic mass is 15.4. The molecule has 2 heteroatoms. The highest BCUT2D eigenvalue weighted by molar-refractivity contribution is 4.96. The van der Waals surface area contributed by atoms with E-state index in [2.05, 4.69) is 43.0 Å². The van der Waals surface area contributed by atoms with E-state index in [4.69, 9.17) is 0 Å². The van der Waals surface area contributed by atoms with E-state index < -0.39 is 0 Å². The van der Waals surface area contributed by atoms with Crippen LogP contribution in [0.5, 0.6) is 0 Å². The van der Waals surface area contributed by atoms with Crippen molar-refractivity contribution in [1.82, 2.24) is 9.80 Å². The molecule has 0 aliphatic carbocycles. The molecule has 0 aromatic heterocycles. The average Bonchev–Trinajstić information content (AvgIpc) is 3.13. The maximum absolute atomic E-state index is 2.63. The standard InChI is InChI=1S/C27H54N2/c1-4-7-9-11-13-15-16-17-19-21-23-27-28(6-3)25-26-29(27)24-22-20-18-14-12-10-8-5-2/h25-27H,4-24H2,1-3H3. The molecule has 0 aromatic carbocycles. The fourth-order valence-electron chi connectivity index (χ4n) is 4.67. The van der Waals surface area contributed by atoms with Gasteiger partial charge in [-0.05, 0) is 26.2 Å². The van der Waals surface area contributed by atoms with Crippen LogP contribution < -0.4 is 0 Å². The van der Waals surface area contributed by atoms with Gasteiger partial charge in [-0.2, -0.15) is 0 Å². The molecular formula is C27H54N2. The summed E-state index contributed by atoms with van der Waals surface area (Å²) in [5.74, 6) is 0. The molecule has 0 fully saturated rings. The predicted molar refractivity (Wildman–Crippen MR) is 131 cm³/mol. The lowest BCUT2D eigenvalue weighted by molar-refractivity contribution is 0.142. The molecule has 29 heavy (non-hydrogen) atoms. The van der Waals surface area contributed by atoms with Crippen LogP contribution in [-0.2, 0) is 0 Å². The summed E-state index contributed by atoms with van der Waals surface area (Å²) in [6.07, 6.45) is 32.3. The van der Waals surface area contributed by atoms with Crippen molar-refractivity contribution < 1.29 is 0 Å². The van der Waals surface area contributed by atoms with Gasteiger partial charge in [0.05, 0.1) is 0 Å². The summed E-state index contributed by atoms with van der Waals surface area (Å²) in [4.78, 5) is 5.19. The third-order valence-electron chi connectivity index (χ3n) is 6.67. The van der Waals surface area contributed by atoms with Crippen LogP contribution in [0.3, 0.4) is 0 Å². The number of nitrogens with zero attached hydrogens (tertiary/aromatic N) is 2. The van der Waals surface area contributed by atoms with Crippen molar-refractivity contribution >= 4 is 0 Å². The molecule has 0 bridgehead atoms. The van der Waals surface area contributed by atoms with E-state index in [0.717, 1.165) is 6.54 Å². The Morgan fingerprint density at radius 3 is 1.38 bits per heavy atom. The SMILES string of the molecule is CCCCCCCCCCCCC1N(CC)C=CN1CCCCCCCCCC. The minimum atomic E-state index is 0.638. The number of unbranched alkanes of at least 4 members (excludes halogenated alkanes) is 16. The van der Waals surface area contributed by atoms with Crippen LogP contribution >= 0.6 is 0 Å². The van der Waals surface area contributed by atoms with Gasteiger partial charge in [0, 0.05) is 25.5 Å². The van der Waals surface area contributed by atoms with Gasteiger partial charge >= 0.3 is 0 Å². The second-order valence-electron chi connectivity index (χ2n) is 9.29. The average molecular weight is 407 g/mol. The monoisotopic (exact) mass is 406 g/mol. The Bertz CT molecular complexity index is 366. The molecule has 0 spiro atoms. The number of rotatable bonds is 21. The fourth-order valence-corrected chi connectivity index (χ4v) is 4.67. The summed E-state index contributed by atoms with van der Waals surface area (Å²) in [6, 6.07) is 0. The van der Waals surface area contributed by atoms with Crippen molar-refractivity contribution in [2.45, 2.75) is 149 Å². The predicted octanol–water partition coefficient (Wildman–Crippen LogP) is 8.87. The van der Waals surface area contributed by atoms with Crippen LogP contribution in [0.25, 0.3) is 0 Å². The largest absolute Gasteiger partial charge is 0.356 e. The molecule has 0 radical (unpaired) electrons. The van der Waals surface area contributed by atoms with Gasteiger partial charge in [-0.1, -0.05) is 117 Å². The summed E-state index contributed by atoms with van der Waals surface area (Å²) in [5.41, 5.74) is 0. The third kappa shape index (κ3) is 13.3. The van der Waals surface area contributed by atoms with Crippen LogP contribution in [0.4, 0.5) is 0 Å². The first-order valence-electron chi connectivity index (χ1n) is 13.5. The maximum Gasteiger partial charge on any atom is 0.101 e. The zero-order valence-corrected chi connectivity index (χ0v) is 20.5. The Balaban J connectivity index is 2.05. The maximum atomic E-state index is 2.63. The van der Waals surface area contributed by atoms with E-state index in [9.17, 15) is 0 Å². The van der Waals surface area contributed by atoms with Crippen molar-refractivity contribution in [3.8, 4) is 0 Å². The molecule has 1 atom stereocenters. The van der Waals surface area contributed by atoms with E-state index in [0.29, 0.717) is 6.17 Å². The third-order valence-corrected chi connectivity index (χ3v) is 6.67. The van der Waals surface area contributed by atoms with Gasteiger partial charge in [0.25, 0.3) is 0 Å². The summed E-state index contributed by atoms with van der Waals surface area (Å²) >= 11 is 0. The molecule has 1 unspecified atom stereocenters. The molecule has 0 saturated carbocycles. The Morgan fingerprint density at radius 2 is 0.897 bits per heavy atom. The van der Waals surface area contributed by atoms with Crippen molar-refractivity contribution in [2.75, 3.05) is 13.1 Å². The van der Waals surface area contributed by atoms with Crippen molar-refractivity contribution in [2.24, 2.45) is 0 Å². The van der Waals surface area contributed by atoms with Crippen molar-refractivity contribution in [3.05, 3.63) is 12.4 Å². The second-order valence-corrected chi connectivity index (χ2v) is 9.29. The molecule has 1 heterocycles. The van der Waals surface area contributed by atoms with Gasteiger partial charge in [-0.25, -0.2) is 0 Å². The lowest BCUT2D eigenvalue weighted by Crippen LogP contribution is -2.38. The molecule has 172 valence electrons. The molecule has 0 amide bonds. The van der Waals surface area contributed by atoms with Crippen LogP contribution in [-0.4, -0.2) is 29.1 Å². The number of hydrogen-bond donors (Lipinski definition) is 0. The van der Waals surface area contributed by atoms with Gasteiger partial charge < -0.3 is 9.80 Å². The lowest BCUT2D eigenvalue weighted by atomic mass is 10.0.